The van der Waals surface area contributed by atoms with E-state index in [1.165, 1.54) is 0 Å². The van der Waals surface area contributed by atoms with Gasteiger partial charge in [-0.15, -0.1) is 0 Å². The van der Waals surface area contributed by atoms with Crippen molar-refractivity contribution in [1.29, 1.82) is 0 Å². The first kappa shape index (κ1) is 21.5. The van der Waals surface area contributed by atoms with Crippen LogP contribution >= 0.6 is 15.9 Å². The molecule has 1 nitrogen and oxygen atoms in total. The number of alkyl halides is 14. The van der Waals surface area contributed by atoms with Gasteiger partial charge in [-0.3, -0.25) is 4.74 Å². The van der Waals surface area contributed by atoms with Crippen LogP contribution in [0.2, 0.25) is 0 Å². The third kappa shape index (κ3) is 3.38. The number of hydrogen-bond acceptors (Lipinski definition) is 1. The van der Waals surface area contributed by atoms with E-state index in [2.05, 4.69) is 0 Å². The molecule has 0 aromatic heterocycles. The molecule has 0 radical (unpaired) electrons. The van der Waals surface area contributed by atoms with Crippen molar-refractivity contribution in [2.45, 2.75) is 36.2 Å². The standard InChI is InChI=1S/C7H2BrF13O/c8-1-2(9,10)22-3(5(13,14)15,6(16,17)18)4(11,12)7(19,20)21/h1H2. The quantitative estimate of drug-likeness (QED) is 0.449. The molecule has 0 fully saturated rings. The van der Waals surface area contributed by atoms with Crippen LogP contribution in [0.5, 0.6) is 0 Å². The lowest BCUT2D eigenvalue weighted by Gasteiger charge is -2.43. The summed E-state index contributed by atoms with van der Waals surface area (Å²) >= 11 is 1.64. The van der Waals surface area contributed by atoms with Gasteiger partial charge in [0.05, 0.1) is 5.33 Å². The summed E-state index contributed by atoms with van der Waals surface area (Å²) in [6, 6.07) is 0. The minimum atomic E-state index is -7.75. The lowest BCUT2D eigenvalue weighted by molar-refractivity contribution is -0.505. The van der Waals surface area contributed by atoms with E-state index < -0.39 is 41.5 Å². The second-order valence-electron chi connectivity index (χ2n) is 3.62. The summed E-state index contributed by atoms with van der Waals surface area (Å²) in [6.45, 7) is 0. The maximum Gasteiger partial charge on any atom is 0.457 e. The molecule has 0 aromatic carbocycles. The Morgan fingerprint density at radius 3 is 1.09 bits per heavy atom. The van der Waals surface area contributed by atoms with Crippen LogP contribution in [0.3, 0.4) is 0 Å². The minimum absolute atomic E-state index is 1.64. The van der Waals surface area contributed by atoms with Crippen LogP contribution < -0.4 is 0 Å². The average molecular weight is 429 g/mol. The van der Waals surface area contributed by atoms with Gasteiger partial charge in [0, 0.05) is 0 Å². The highest BCUT2D eigenvalue weighted by Gasteiger charge is 2.92. The van der Waals surface area contributed by atoms with Crippen molar-refractivity contribution in [3.63, 3.8) is 0 Å². The Balaban J connectivity index is 6.66. The first-order valence-corrected chi connectivity index (χ1v) is 5.61. The third-order valence-electron chi connectivity index (χ3n) is 2.05. The molecule has 0 atom stereocenters. The van der Waals surface area contributed by atoms with Gasteiger partial charge in [0.25, 0.3) is 0 Å². The topological polar surface area (TPSA) is 9.23 Å². The average Bonchev–Trinajstić information content (AvgIpc) is 2.20. The van der Waals surface area contributed by atoms with Crippen LogP contribution in [0, 0.1) is 0 Å². The summed E-state index contributed by atoms with van der Waals surface area (Å²) in [5.41, 5.74) is -7.50. The van der Waals surface area contributed by atoms with Gasteiger partial charge < -0.3 is 0 Å². The summed E-state index contributed by atoms with van der Waals surface area (Å²) in [7, 11) is 0. The van der Waals surface area contributed by atoms with Crippen LogP contribution in [-0.2, 0) is 4.74 Å². The first-order chi connectivity index (χ1) is 9.27. The SMILES string of the molecule is FC(F)(CBr)OC(C(F)(F)F)(C(F)(F)F)C(F)(F)C(F)(F)F. The van der Waals surface area contributed by atoms with Crippen molar-refractivity contribution >= 4 is 15.9 Å². The van der Waals surface area contributed by atoms with Crippen molar-refractivity contribution < 1.29 is 61.8 Å². The molecule has 0 rings (SSSR count). The van der Waals surface area contributed by atoms with Crippen LogP contribution in [-0.4, -0.2) is 41.5 Å². The van der Waals surface area contributed by atoms with Crippen LogP contribution in [0.1, 0.15) is 0 Å². The van der Waals surface area contributed by atoms with E-state index in [9.17, 15) is 57.1 Å². The monoisotopic (exact) mass is 428 g/mol. The van der Waals surface area contributed by atoms with E-state index in [4.69, 9.17) is 0 Å². The van der Waals surface area contributed by atoms with Gasteiger partial charge in [0.2, 0.25) is 0 Å². The lowest BCUT2D eigenvalue weighted by atomic mass is 9.92. The Morgan fingerprint density at radius 1 is 0.591 bits per heavy atom. The Bertz CT molecular complexity index is 377. The largest absolute Gasteiger partial charge is 0.457 e. The van der Waals surface area contributed by atoms with E-state index in [1.54, 1.807) is 15.9 Å². The zero-order chi connectivity index (χ0) is 18.4. The number of hydrogen-bond donors (Lipinski definition) is 0. The second-order valence-corrected chi connectivity index (χ2v) is 4.18. The van der Waals surface area contributed by atoms with Crippen molar-refractivity contribution in [2.75, 3.05) is 5.33 Å². The second kappa shape index (κ2) is 5.56. The molecule has 0 aliphatic carbocycles. The van der Waals surface area contributed by atoms with Crippen molar-refractivity contribution in [1.82, 2.24) is 0 Å². The van der Waals surface area contributed by atoms with Gasteiger partial charge in [0.15, 0.2) is 0 Å². The zero-order valence-electron chi connectivity index (χ0n) is 9.41. The third-order valence-corrected chi connectivity index (χ3v) is 2.71. The van der Waals surface area contributed by atoms with Gasteiger partial charge in [-0.25, -0.2) is 0 Å². The Labute approximate surface area is 120 Å². The lowest BCUT2D eigenvalue weighted by Crippen LogP contribution is -2.74. The zero-order valence-corrected chi connectivity index (χ0v) is 11.0. The predicted molar refractivity (Wildman–Crippen MR) is 45.7 cm³/mol. The van der Waals surface area contributed by atoms with E-state index in [0.29, 0.717) is 0 Å². The molecule has 0 aromatic rings. The molecule has 0 aliphatic rings. The van der Waals surface area contributed by atoms with Gasteiger partial charge in [-0.05, 0) is 0 Å². The van der Waals surface area contributed by atoms with Gasteiger partial charge >= 0.3 is 36.2 Å². The van der Waals surface area contributed by atoms with E-state index in [0.717, 1.165) is 0 Å². The highest BCUT2D eigenvalue weighted by Crippen LogP contribution is 2.60. The van der Waals surface area contributed by atoms with E-state index in [1.807, 2.05) is 4.74 Å². The summed E-state index contributed by atoms with van der Waals surface area (Å²) < 4.78 is 163. The number of halogens is 14. The van der Waals surface area contributed by atoms with Crippen LogP contribution in [0.15, 0.2) is 0 Å². The molecule has 0 amide bonds. The maximum atomic E-state index is 12.9. The Morgan fingerprint density at radius 2 is 0.909 bits per heavy atom. The molecule has 0 bridgehead atoms. The van der Waals surface area contributed by atoms with Crippen LogP contribution in [0.4, 0.5) is 57.1 Å². The van der Waals surface area contributed by atoms with Crippen LogP contribution in [0.25, 0.3) is 0 Å². The summed E-state index contributed by atoms with van der Waals surface area (Å²) in [4.78, 5) is 0. The Hall–Kier alpha value is -0.470. The van der Waals surface area contributed by atoms with Crippen molar-refractivity contribution in [3.8, 4) is 0 Å². The molecule has 15 heteroatoms. The van der Waals surface area contributed by atoms with Gasteiger partial charge in [-0.1, -0.05) is 15.9 Å². The molecule has 0 saturated heterocycles. The predicted octanol–water partition coefficient (Wildman–Crippen LogP) is 5.05. The molecule has 22 heavy (non-hydrogen) atoms. The highest BCUT2D eigenvalue weighted by molar-refractivity contribution is 9.09. The normalized spacial score (nSPS) is 16.1. The molecule has 0 saturated carbocycles. The Kier molecular flexibility index (Phi) is 5.44. The molecule has 0 N–H and O–H groups in total. The molecular formula is C7H2BrF13O. The van der Waals surface area contributed by atoms with E-state index in [-0.39, 0.29) is 0 Å². The fourth-order valence-electron chi connectivity index (χ4n) is 1.15. The highest BCUT2D eigenvalue weighted by atomic mass is 79.9. The molecule has 134 valence electrons. The smallest absolute Gasteiger partial charge is 0.289 e. The molecule has 0 spiro atoms. The molecule has 0 heterocycles. The first-order valence-electron chi connectivity index (χ1n) is 4.49. The van der Waals surface area contributed by atoms with E-state index >= 15 is 0 Å². The maximum absolute atomic E-state index is 12.9. The minimum Gasteiger partial charge on any atom is -0.289 e. The van der Waals surface area contributed by atoms with Gasteiger partial charge in [0.1, 0.15) is 0 Å². The molecular weight excluding hydrogens is 427 g/mol. The number of ether oxygens (including phenoxy) is 1. The summed E-state index contributed by atoms with van der Waals surface area (Å²) in [5.74, 6) is -7.75. The summed E-state index contributed by atoms with van der Waals surface area (Å²) in [6.07, 6.45) is -28.3. The van der Waals surface area contributed by atoms with Gasteiger partial charge in [-0.2, -0.15) is 57.1 Å². The summed E-state index contributed by atoms with van der Waals surface area (Å²) in [5, 5.41) is -2.21. The van der Waals surface area contributed by atoms with Crippen molar-refractivity contribution in [2.24, 2.45) is 0 Å². The molecule has 0 unspecified atom stereocenters. The fraction of sp³-hybridized carbons (Fsp3) is 1.00. The number of rotatable bonds is 4. The molecule has 0 aliphatic heterocycles. The fourth-order valence-corrected chi connectivity index (χ4v) is 1.26. The van der Waals surface area contributed by atoms with Crippen molar-refractivity contribution in [3.05, 3.63) is 0 Å².